The molecule has 0 aliphatic heterocycles. The van der Waals surface area contributed by atoms with Crippen LogP contribution in [-0.4, -0.2) is 27.5 Å². The summed E-state index contributed by atoms with van der Waals surface area (Å²) in [6.45, 7) is 5.45. The highest BCUT2D eigenvalue weighted by molar-refractivity contribution is 5.26. The number of anilines is 1. The summed E-state index contributed by atoms with van der Waals surface area (Å²) in [7, 11) is 0. The van der Waals surface area contributed by atoms with Crippen LogP contribution in [0, 0.1) is 5.92 Å². The zero-order chi connectivity index (χ0) is 14.8. The SMILES string of the molecule is CCNc1nnc(C2CCC(C(F)(F)F)CC2)n1CC. The summed E-state index contributed by atoms with van der Waals surface area (Å²) in [6, 6.07) is 0. The Morgan fingerprint density at radius 3 is 2.30 bits per heavy atom. The van der Waals surface area contributed by atoms with Crippen molar-refractivity contribution in [2.45, 2.75) is 58.2 Å². The Labute approximate surface area is 116 Å². The van der Waals surface area contributed by atoms with Gasteiger partial charge in [-0.25, -0.2) is 0 Å². The summed E-state index contributed by atoms with van der Waals surface area (Å²) in [6.07, 6.45) is -2.59. The van der Waals surface area contributed by atoms with Crippen molar-refractivity contribution in [3.63, 3.8) is 0 Å². The summed E-state index contributed by atoms with van der Waals surface area (Å²) >= 11 is 0. The van der Waals surface area contributed by atoms with Crippen LogP contribution in [0.3, 0.4) is 0 Å². The van der Waals surface area contributed by atoms with Gasteiger partial charge in [0.2, 0.25) is 5.95 Å². The van der Waals surface area contributed by atoms with Crippen molar-refractivity contribution in [3.8, 4) is 0 Å². The average Bonchev–Trinajstić information content (AvgIpc) is 2.81. The summed E-state index contributed by atoms with van der Waals surface area (Å²) < 4.78 is 40.0. The molecule has 4 nitrogen and oxygen atoms in total. The first kappa shape index (κ1) is 15.1. The molecule has 0 atom stereocenters. The van der Waals surface area contributed by atoms with Crippen molar-refractivity contribution in [3.05, 3.63) is 5.82 Å². The Morgan fingerprint density at radius 1 is 1.15 bits per heavy atom. The maximum absolute atomic E-state index is 12.7. The number of hydrogen-bond acceptors (Lipinski definition) is 3. The van der Waals surface area contributed by atoms with Crippen LogP contribution in [0.15, 0.2) is 0 Å². The molecule has 0 spiro atoms. The Bertz CT molecular complexity index is 433. The van der Waals surface area contributed by atoms with E-state index in [9.17, 15) is 13.2 Å². The van der Waals surface area contributed by atoms with Crippen LogP contribution in [0.1, 0.15) is 51.3 Å². The summed E-state index contributed by atoms with van der Waals surface area (Å²) in [4.78, 5) is 0. The number of nitrogens with zero attached hydrogens (tertiary/aromatic N) is 3. The minimum atomic E-state index is -4.06. The average molecular weight is 290 g/mol. The zero-order valence-electron chi connectivity index (χ0n) is 11.9. The van der Waals surface area contributed by atoms with E-state index in [4.69, 9.17) is 0 Å². The van der Waals surface area contributed by atoms with Crippen LogP contribution in [0.25, 0.3) is 0 Å². The lowest BCUT2D eigenvalue weighted by Crippen LogP contribution is -2.28. The van der Waals surface area contributed by atoms with Gasteiger partial charge in [0, 0.05) is 19.0 Å². The zero-order valence-corrected chi connectivity index (χ0v) is 11.9. The lowest BCUT2D eigenvalue weighted by atomic mass is 9.81. The van der Waals surface area contributed by atoms with Gasteiger partial charge in [-0.1, -0.05) is 0 Å². The smallest absolute Gasteiger partial charge is 0.355 e. The number of nitrogens with one attached hydrogen (secondary N) is 1. The fourth-order valence-corrected chi connectivity index (χ4v) is 2.90. The van der Waals surface area contributed by atoms with Crippen molar-refractivity contribution in [2.24, 2.45) is 5.92 Å². The van der Waals surface area contributed by atoms with E-state index in [-0.39, 0.29) is 18.8 Å². The molecule has 0 amide bonds. The van der Waals surface area contributed by atoms with E-state index >= 15 is 0 Å². The third kappa shape index (κ3) is 3.07. The Kier molecular flexibility index (Phi) is 4.55. The quantitative estimate of drug-likeness (QED) is 0.922. The molecule has 20 heavy (non-hydrogen) atoms. The van der Waals surface area contributed by atoms with Gasteiger partial charge in [-0.15, -0.1) is 10.2 Å². The van der Waals surface area contributed by atoms with E-state index in [0.717, 1.165) is 18.9 Å². The van der Waals surface area contributed by atoms with E-state index in [1.54, 1.807) is 0 Å². The molecule has 1 aromatic rings. The third-order valence-corrected chi connectivity index (χ3v) is 3.99. The van der Waals surface area contributed by atoms with Crippen molar-refractivity contribution in [1.29, 1.82) is 0 Å². The lowest BCUT2D eigenvalue weighted by Gasteiger charge is -2.29. The van der Waals surface area contributed by atoms with Crippen LogP contribution in [-0.2, 0) is 6.54 Å². The maximum atomic E-state index is 12.7. The number of hydrogen-bond donors (Lipinski definition) is 1. The monoisotopic (exact) mass is 290 g/mol. The molecule has 2 rings (SSSR count). The number of halogens is 3. The van der Waals surface area contributed by atoms with Gasteiger partial charge in [-0.05, 0) is 39.5 Å². The molecule has 0 radical (unpaired) electrons. The second-order valence-electron chi connectivity index (χ2n) is 5.25. The largest absolute Gasteiger partial charge is 0.391 e. The number of alkyl halides is 3. The van der Waals surface area contributed by atoms with Crippen molar-refractivity contribution in [1.82, 2.24) is 14.8 Å². The standard InChI is InChI=1S/C13H21F3N4/c1-3-17-12-19-18-11(20(12)4-2)9-5-7-10(8-6-9)13(14,15)16/h9-10H,3-8H2,1-2H3,(H,17,19). The van der Waals surface area contributed by atoms with Gasteiger partial charge in [-0.2, -0.15) is 13.2 Å². The first-order chi connectivity index (χ1) is 9.47. The topological polar surface area (TPSA) is 42.7 Å². The Balaban J connectivity index is 2.07. The van der Waals surface area contributed by atoms with Gasteiger partial charge in [0.15, 0.2) is 0 Å². The normalized spacial score (nSPS) is 23.9. The lowest BCUT2D eigenvalue weighted by molar-refractivity contribution is -0.182. The second kappa shape index (κ2) is 6.01. The van der Waals surface area contributed by atoms with Crippen molar-refractivity contribution < 1.29 is 13.2 Å². The molecule has 0 bridgehead atoms. The Hall–Kier alpha value is -1.27. The third-order valence-electron chi connectivity index (χ3n) is 3.99. The minimum absolute atomic E-state index is 0.0912. The molecule has 7 heteroatoms. The summed E-state index contributed by atoms with van der Waals surface area (Å²) in [5.74, 6) is 0.477. The van der Waals surface area contributed by atoms with Gasteiger partial charge in [0.25, 0.3) is 0 Å². The molecule has 0 saturated heterocycles. The molecule has 1 aliphatic carbocycles. The van der Waals surface area contributed by atoms with E-state index in [0.29, 0.717) is 18.8 Å². The fraction of sp³-hybridized carbons (Fsp3) is 0.846. The Morgan fingerprint density at radius 2 is 1.80 bits per heavy atom. The molecule has 1 heterocycles. The summed E-state index contributed by atoms with van der Waals surface area (Å²) in [5.41, 5.74) is 0. The van der Waals surface area contributed by atoms with Gasteiger partial charge in [0.05, 0.1) is 5.92 Å². The first-order valence-corrected chi connectivity index (χ1v) is 7.21. The van der Waals surface area contributed by atoms with Crippen LogP contribution in [0.4, 0.5) is 19.1 Å². The van der Waals surface area contributed by atoms with Crippen LogP contribution in [0.5, 0.6) is 0 Å². The molecule has 0 unspecified atom stereocenters. The highest BCUT2D eigenvalue weighted by atomic mass is 19.4. The number of aromatic nitrogens is 3. The predicted molar refractivity (Wildman–Crippen MR) is 70.6 cm³/mol. The maximum Gasteiger partial charge on any atom is 0.391 e. The van der Waals surface area contributed by atoms with E-state index in [1.807, 2.05) is 18.4 Å². The molecular weight excluding hydrogens is 269 g/mol. The second-order valence-corrected chi connectivity index (χ2v) is 5.25. The molecule has 1 aromatic heterocycles. The van der Waals surface area contributed by atoms with E-state index in [1.165, 1.54) is 0 Å². The first-order valence-electron chi connectivity index (χ1n) is 7.21. The molecule has 1 N–H and O–H groups in total. The van der Waals surface area contributed by atoms with Crippen LogP contribution < -0.4 is 5.32 Å². The fourth-order valence-electron chi connectivity index (χ4n) is 2.90. The molecule has 1 fully saturated rings. The van der Waals surface area contributed by atoms with Crippen LogP contribution >= 0.6 is 0 Å². The van der Waals surface area contributed by atoms with Gasteiger partial charge in [0.1, 0.15) is 5.82 Å². The summed E-state index contributed by atoms with van der Waals surface area (Å²) in [5, 5.41) is 11.4. The van der Waals surface area contributed by atoms with Crippen molar-refractivity contribution >= 4 is 5.95 Å². The van der Waals surface area contributed by atoms with Crippen molar-refractivity contribution in [2.75, 3.05) is 11.9 Å². The van der Waals surface area contributed by atoms with Gasteiger partial charge >= 0.3 is 6.18 Å². The minimum Gasteiger partial charge on any atom is -0.355 e. The molecule has 0 aromatic carbocycles. The molecule has 1 aliphatic rings. The highest BCUT2D eigenvalue weighted by Crippen LogP contribution is 2.42. The predicted octanol–water partition coefficient (Wildman–Crippen LogP) is 3.57. The molecule has 1 saturated carbocycles. The molecular formula is C13H21F3N4. The van der Waals surface area contributed by atoms with E-state index in [2.05, 4.69) is 15.5 Å². The van der Waals surface area contributed by atoms with Crippen LogP contribution in [0.2, 0.25) is 0 Å². The number of rotatable bonds is 4. The van der Waals surface area contributed by atoms with Gasteiger partial charge in [-0.3, -0.25) is 4.57 Å². The molecule has 114 valence electrons. The van der Waals surface area contributed by atoms with E-state index < -0.39 is 12.1 Å². The highest BCUT2D eigenvalue weighted by Gasteiger charge is 2.42. The van der Waals surface area contributed by atoms with Gasteiger partial charge < -0.3 is 5.32 Å².